The van der Waals surface area contributed by atoms with Gasteiger partial charge in [0.1, 0.15) is 18.2 Å². The van der Waals surface area contributed by atoms with E-state index in [1.165, 1.54) is 19.1 Å². The first-order valence-electron chi connectivity index (χ1n) is 6.83. The third-order valence-corrected chi connectivity index (χ3v) is 3.71. The predicted octanol–water partition coefficient (Wildman–Crippen LogP) is 2.95. The summed E-state index contributed by atoms with van der Waals surface area (Å²) in [6, 6.07) is 4.39. The van der Waals surface area contributed by atoms with Crippen LogP contribution in [0.4, 0.5) is 4.39 Å². The molecule has 0 heterocycles. The monoisotopic (exact) mass is 268 g/mol. The lowest BCUT2D eigenvalue weighted by Crippen LogP contribution is -2.37. The van der Waals surface area contributed by atoms with Crippen LogP contribution in [-0.4, -0.2) is 22.4 Å². The van der Waals surface area contributed by atoms with Crippen molar-refractivity contribution in [2.24, 2.45) is 0 Å². The van der Waals surface area contributed by atoms with Crippen molar-refractivity contribution in [2.45, 2.75) is 50.7 Å². The number of aliphatic hydroxyl groups is 2. The number of ether oxygens (including phenoxy) is 1. The van der Waals surface area contributed by atoms with Crippen molar-refractivity contribution in [3.8, 4) is 5.75 Å². The number of aliphatic hydroxyl groups excluding tert-OH is 1. The summed E-state index contributed by atoms with van der Waals surface area (Å²) in [6.45, 7) is 1.71. The second-order valence-corrected chi connectivity index (χ2v) is 5.43. The average Bonchev–Trinajstić information content (AvgIpc) is 2.37. The van der Waals surface area contributed by atoms with E-state index in [9.17, 15) is 14.6 Å². The summed E-state index contributed by atoms with van der Waals surface area (Å²) in [5, 5.41) is 19.6. The smallest absolute Gasteiger partial charge is 0.132 e. The lowest BCUT2D eigenvalue weighted by Gasteiger charge is -2.31. The SMILES string of the molecule is C[C@H](O)c1ccc(OCC2(O)CCCCC2)cc1F. The molecule has 1 saturated carbocycles. The second-order valence-electron chi connectivity index (χ2n) is 5.43. The highest BCUT2D eigenvalue weighted by Gasteiger charge is 2.30. The van der Waals surface area contributed by atoms with Crippen LogP contribution in [0.5, 0.6) is 5.75 Å². The largest absolute Gasteiger partial charge is 0.490 e. The minimum atomic E-state index is -0.837. The number of benzene rings is 1. The third kappa shape index (κ3) is 3.67. The summed E-state index contributed by atoms with van der Waals surface area (Å²) in [6.07, 6.45) is 3.81. The molecular weight excluding hydrogens is 247 g/mol. The maximum Gasteiger partial charge on any atom is 0.132 e. The normalized spacial score (nSPS) is 20.0. The van der Waals surface area contributed by atoms with Crippen molar-refractivity contribution in [2.75, 3.05) is 6.61 Å². The van der Waals surface area contributed by atoms with Crippen molar-refractivity contribution >= 4 is 0 Å². The second kappa shape index (κ2) is 5.88. The fourth-order valence-corrected chi connectivity index (χ4v) is 2.51. The van der Waals surface area contributed by atoms with Gasteiger partial charge in [-0.2, -0.15) is 0 Å². The van der Waals surface area contributed by atoms with Crippen molar-refractivity contribution in [3.63, 3.8) is 0 Å². The molecule has 0 bridgehead atoms. The number of hydrogen-bond acceptors (Lipinski definition) is 3. The van der Waals surface area contributed by atoms with E-state index in [1.54, 1.807) is 6.07 Å². The molecule has 19 heavy (non-hydrogen) atoms. The van der Waals surface area contributed by atoms with E-state index in [4.69, 9.17) is 4.74 Å². The Morgan fingerprint density at radius 2 is 2.00 bits per heavy atom. The van der Waals surface area contributed by atoms with Crippen molar-refractivity contribution in [1.82, 2.24) is 0 Å². The summed E-state index contributed by atoms with van der Waals surface area (Å²) >= 11 is 0. The number of rotatable bonds is 4. The van der Waals surface area contributed by atoms with Gasteiger partial charge in [0, 0.05) is 11.6 Å². The molecule has 0 aromatic heterocycles. The minimum Gasteiger partial charge on any atom is -0.490 e. The molecule has 0 unspecified atom stereocenters. The molecule has 0 saturated heterocycles. The van der Waals surface area contributed by atoms with E-state index >= 15 is 0 Å². The van der Waals surface area contributed by atoms with Crippen molar-refractivity contribution in [3.05, 3.63) is 29.6 Å². The molecule has 4 heteroatoms. The first-order valence-corrected chi connectivity index (χ1v) is 6.83. The minimum absolute atomic E-state index is 0.195. The van der Waals surface area contributed by atoms with Gasteiger partial charge in [-0.15, -0.1) is 0 Å². The maximum atomic E-state index is 13.7. The van der Waals surface area contributed by atoms with Gasteiger partial charge >= 0.3 is 0 Å². The molecule has 0 radical (unpaired) electrons. The zero-order valence-corrected chi connectivity index (χ0v) is 11.2. The first-order chi connectivity index (χ1) is 9.00. The van der Waals surface area contributed by atoms with E-state index in [2.05, 4.69) is 0 Å². The van der Waals surface area contributed by atoms with Gasteiger partial charge in [-0.1, -0.05) is 19.3 Å². The van der Waals surface area contributed by atoms with E-state index in [1.807, 2.05) is 0 Å². The topological polar surface area (TPSA) is 49.7 Å². The third-order valence-electron chi connectivity index (χ3n) is 3.71. The Balaban J connectivity index is 1.98. The molecular formula is C15H21FO3. The summed E-state index contributed by atoms with van der Waals surface area (Å²) in [5.41, 5.74) is -0.527. The fraction of sp³-hybridized carbons (Fsp3) is 0.600. The standard InChI is InChI=1S/C15H21FO3/c1-11(17)13-6-5-12(9-14(13)16)19-10-15(18)7-3-2-4-8-15/h5-6,9,11,17-18H,2-4,7-8,10H2,1H3/t11-/m0/s1. The van der Waals surface area contributed by atoms with Crippen LogP contribution in [0.3, 0.4) is 0 Å². The first kappa shape index (κ1) is 14.3. The van der Waals surface area contributed by atoms with Crippen LogP contribution >= 0.6 is 0 Å². The fourth-order valence-electron chi connectivity index (χ4n) is 2.51. The predicted molar refractivity (Wildman–Crippen MR) is 70.6 cm³/mol. The molecule has 1 aliphatic carbocycles. The molecule has 106 valence electrons. The zero-order valence-electron chi connectivity index (χ0n) is 11.2. The summed E-state index contributed by atoms with van der Waals surface area (Å²) in [5.74, 6) is -0.0935. The molecule has 2 rings (SSSR count). The van der Waals surface area contributed by atoms with Gasteiger partial charge < -0.3 is 14.9 Å². The van der Waals surface area contributed by atoms with Gasteiger partial charge in [0.25, 0.3) is 0 Å². The Morgan fingerprint density at radius 1 is 1.32 bits per heavy atom. The average molecular weight is 268 g/mol. The molecule has 0 spiro atoms. The Bertz CT molecular complexity index is 425. The van der Waals surface area contributed by atoms with Crippen LogP contribution in [0.25, 0.3) is 0 Å². The van der Waals surface area contributed by atoms with E-state index in [0.717, 1.165) is 32.1 Å². The maximum absolute atomic E-state index is 13.7. The lowest BCUT2D eigenvalue weighted by atomic mass is 9.85. The van der Waals surface area contributed by atoms with Gasteiger partial charge in [-0.3, -0.25) is 0 Å². The quantitative estimate of drug-likeness (QED) is 0.882. The van der Waals surface area contributed by atoms with Crippen LogP contribution in [-0.2, 0) is 0 Å². The summed E-state index contributed by atoms with van der Waals surface area (Å²) in [7, 11) is 0. The van der Waals surface area contributed by atoms with Gasteiger partial charge in [-0.25, -0.2) is 4.39 Å². The van der Waals surface area contributed by atoms with Gasteiger partial charge in [0.2, 0.25) is 0 Å². The zero-order chi connectivity index (χ0) is 13.9. The van der Waals surface area contributed by atoms with Gasteiger partial charge in [0.05, 0.1) is 11.7 Å². The molecule has 1 aromatic carbocycles. The Hall–Kier alpha value is -1.13. The Labute approximate surface area is 113 Å². The van der Waals surface area contributed by atoms with E-state index in [-0.39, 0.29) is 12.2 Å². The van der Waals surface area contributed by atoms with Crippen LogP contribution in [0.2, 0.25) is 0 Å². The van der Waals surface area contributed by atoms with Crippen LogP contribution < -0.4 is 4.74 Å². The number of hydrogen-bond donors (Lipinski definition) is 2. The molecule has 0 amide bonds. The molecule has 3 nitrogen and oxygen atoms in total. The highest BCUT2D eigenvalue weighted by atomic mass is 19.1. The molecule has 1 aliphatic rings. The van der Waals surface area contributed by atoms with Crippen LogP contribution in [0, 0.1) is 5.82 Å². The van der Waals surface area contributed by atoms with Crippen LogP contribution in [0.1, 0.15) is 50.7 Å². The van der Waals surface area contributed by atoms with E-state index < -0.39 is 17.5 Å². The lowest BCUT2D eigenvalue weighted by molar-refractivity contribution is -0.0339. The van der Waals surface area contributed by atoms with E-state index in [0.29, 0.717) is 5.75 Å². The summed E-state index contributed by atoms with van der Waals surface area (Å²) in [4.78, 5) is 0. The van der Waals surface area contributed by atoms with Crippen molar-refractivity contribution < 1.29 is 19.3 Å². The van der Waals surface area contributed by atoms with Crippen LogP contribution in [0.15, 0.2) is 18.2 Å². The molecule has 0 aliphatic heterocycles. The summed E-state index contributed by atoms with van der Waals surface area (Å²) < 4.78 is 19.2. The Morgan fingerprint density at radius 3 is 2.58 bits per heavy atom. The highest BCUT2D eigenvalue weighted by molar-refractivity contribution is 5.30. The Kier molecular flexibility index (Phi) is 4.42. The number of halogens is 1. The molecule has 1 atom stereocenters. The molecule has 1 fully saturated rings. The van der Waals surface area contributed by atoms with Gasteiger partial charge in [0.15, 0.2) is 0 Å². The van der Waals surface area contributed by atoms with Gasteiger partial charge in [-0.05, 0) is 31.9 Å². The molecule has 1 aromatic rings. The highest BCUT2D eigenvalue weighted by Crippen LogP contribution is 2.29. The molecule has 2 N–H and O–H groups in total. The van der Waals surface area contributed by atoms with Crippen molar-refractivity contribution in [1.29, 1.82) is 0 Å².